The molecule has 1 aliphatic rings. The molecule has 2 rings (SSSR count). The van der Waals surface area contributed by atoms with Crippen molar-refractivity contribution in [3.63, 3.8) is 0 Å². The minimum absolute atomic E-state index is 0.473. The highest BCUT2D eigenvalue weighted by molar-refractivity contribution is 5.45. The Morgan fingerprint density at radius 1 is 1.35 bits per heavy atom. The van der Waals surface area contributed by atoms with E-state index >= 15 is 0 Å². The zero-order valence-electron chi connectivity index (χ0n) is 10.3. The van der Waals surface area contributed by atoms with Gasteiger partial charge in [0.15, 0.2) is 0 Å². The highest BCUT2D eigenvalue weighted by atomic mass is 16.5. The van der Waals surface area contributed by atoms with Crippen LogP contribution in [0.4, 0.5) is 11.8 Å². The van der Waals surface area contributed by atoms with Gasteiger partial charge in [0, 0.05) is 19.2 Å². The number of ether oxygens (including phenoxy) is 1. The highest BCUT2D eigenvalue weighted by Crippen LogP contribution is 2.18. The fourth-order valence-electron chi connectivity index (χ4n) is 1.89. The first kappa shape index (κ1) is 11.9. The molecule has 0 radical (unpaired) electrons. The van der Waals surface area contributed by atoms with E-state index in [1.807, 2.05) is 6.07 Å². The van der Waals surface area contributed by atoms with Gasteiger partial charge in [-0.05, 0) is 25.9 Å². The fourth-order valence-corrected chi connectivity index (χ4v) is 1.89. The number of hydrogen-bond donors (Lipinski definition) is 3. The van der Waals surface area contributed by atoms with Crippen molar-refractivity contribution in [1.82, 2.24) is 15.3 Å². The summed E-state index contributed by atoms with van der Waals surface area (Å²) in [6, 6.07) is 2.30. The lowest BCUT2D eigenvalue weighted by Crippen LogP contribution is -2.35. The number of hydrogen-bond acceptors (Lipinski definition) is 6. The monoisotopic (exact) mass is 237 g/mol. The quantitative estimate of drug-likeness (QED) is 0.715. The van der Waals surface area contributed by atoms with Crippen molar-refractivity contribution >= 4 is 11.8 Å². The predicted molar refractivity (Wildman–Crippen MR) is 67.6 cm³/mol. The van der Waals surface area contributed by atoms with E-state index in [2.05, 4.69) is 25.9 Å². The van der Waals surface area contributed by atoms with Gasteiger partial charge in [-0.2, -0.15) is 9.97 Å². The Balaban J connectivity index is 2.07. The van der Waals surface area contributed by atoms with Crippen LogP contribution in [0, 0.1) is 0 Å². The Kier molecular flexibility index (Phi) is 3.98. The smallest absolute Gasteiger partial charge is 0.227 e. The second-order valence-corrected chi connectivity index (χ2v) is 4.04. The van der Waals surface area contributed by atoms with Crippen molar-refractivity contribution in [1.29, 1.82) is 0 Å². The maximum Gasteiger partial charge on any atom is 0.227 e. The molecule has 1 aromatic heterocycles. The standard InChI is InChI=1S/C11H19N5O/c1-12-11-15-9(7-10(16-11)17-2)14-8-3-5-13-6-4-8/h7-8,13H,3-6H2,1-2H3,(H2,12,14,15,16). The molecule has 0 amide bonds. The Hall–Kier alpha value is -1.56. The first-order valence-corrected chi connectivity index (χ1v) is 5.90. The second kappa shape index (κ2) is 5.67. The number of anilines is 2. The van der Waals surface area contributed by atoms with E-state index in [9.17, 15) is 0 Å². The Bertz CT molecular complexity index is 343. The minimum atomic E-state index is 0.473. The van der Waals surface area contributed by atoms with Crippen molar-refractivity contribution in [2.45, 2.75) is 18.9 Å². The van der Waals surface area contributed by atoms with Crippen LogP contribution in [-0.4, -0.2) is 43.3 Å². The fraction of sp³-hybridized carbons (Fsp3) is 0.636. The lowest BCUT2D eigenvalue weighted by Gasteiger charge is -2.24. The van der Waals surface area contributed by atoms with Crippen LogP contribution in [-0.2, 0) is 0 Å². The first-order chi connectivity index (χ1) is 8.31. The molecule has 0 saturated carbocycles. The van der Waals surface area contributed by atoms with E-state index in [0.29, 0.717) is 17.9 Å². The molecule has 0 aliphatic carbocycles. The Morgan fingerprint density at radius 2 is 2.12 bits per heavy atom. The maximum atomic E-state index is 5.14. The zero-order chi connectivity index (χ0) is 12.1. The summed E-state index contributed by atoms with van der Waals surface area (Å²) < 4.78 is 5.14. The van der Waals surface area contributed by atoms with Crippen LogP contribution >= 0.6 is 0 Å². The van der Waals surface area contributed by atoms with Gasteiger partial charge in [-0.25, -0.2) is 0 Å². The van der Waals surface area contributed by atoms with Gasteiger partial charge in [0.1, 0.15) is 5.82 Å². The van der Waals surface area contributed by atoms with Gasteiger partial charge in [0.2, 0.25) is 11.8 Å². The van der Waals surface area contributed by atoms with Crippen molar-refractivity contribution in [2.75, 3.05) is 37.9 Å². The number of rotatable bonds is 4. The van der Waals surface area contributed by atoms with E-state index in [0.717, 1.165) is 31.7 Å². The number of nitrogens with one attached hydrogen (secondary N) is 3. The largest absolute Gasteiger partial charge is 0.481 e. The molecular weight excluding hydrogens is 218 g/mol. The third-order valence-corrected chi connectivity index (χ3v) is 2.83. The molecular formula is C11H19N5O. The molecule has 17 heavy (non-hydrogen) atoms. The molecule has 0 unspecified atom stereocenters. The average molecular weight is 237 g/mol. The zero-order valence-corrected chi connectivity index (χ0v) is 10.3. The van der Waals surface area contributed by atoms with Crippen LogP contribution in [0.1, 0.15) is 12.8 Å². The molecule has 6 heteroatoms. The van der Waals surface area contributed by atoms with Crippen LogP contribution < -0.4 is 20.7 Å². The summed E-state index contributed by atoms with van der Waals surface area (Å²) in [5.41, 5.74) is 0. The summed E-state index contributed by atoms with van der Waals surface area (Å²) in [6.45, 7) is 2.11. The molecule has 0 bridgehead atoms. The normalized spacial score (nSPS) is 16.6. The van der Waals surface area contributed by atoms with Crippen LogP contribution in [0.2, 0.25) is 0 Å². The molecule has 0 aromatic carbocycles. The maximum absolute atomic E-state index is 5.14. The summed E-state index contributed by atoms with van der Waals surface area (Å²) in [5.74, 6) is 1.95. The summed E-state index contributed by atoms with van der Waals surface area (Å²) in [5, 5.41) is 9.68. The van der Waals surface area contributed by atoms with Crippen molar-refractivity contribution < 1.29 is 4.74 Å². The number of nitrogens with zero attached hydrogens (tertiary/aromatic N) is 2. The summed E-state index contributed by atoms with van der Waals surface area (Å²) in [6.07, 6.45) is 2.22. The van der Waals surface area contributed by atoms with E-state index < -0.39 is 0 Å². The number of piperidine rings is 1. The number of aromatic nitrogens is 2. The van der Waals surface area contributed by atoms with E-state index in [1.54, 1.807) is 14.2 Å². The lowest BCUT2D eigenvalue weighted by atomic mass is 10.1. The van der Waals surface area contributed by atoms with Gasteiger partial charge >= 0.3 is 0 Å². The first-order valence-electron chi connectivity index (χ1n) is 5.90. The molecule has 1 aliphatic heterocycles. The average Bonchev–Trinajstić information content (AvgIpc) is 2.39. The van der Waals surface area contributed by atoms with Crippen LogP contribution in [0.5, 0.6) is 5.88 Å². The molecule has 3 N–H and O–H groups in total. The molecule has 0 atom stereocenters. The third kappa shape index (κ3) is 3.20. The molecule has 1 aromatic rings. The van der Waals surface area contributed by atoms with E-state index in [4.69, 9.17) is 4.74 Å². The minimum Gasteiger partial charge on any atom is -0.481 e. The third-order valence-electron chi connectivity index (χ3n) is 2.83. The van der Waals surface area contributed by atoms with Crippen LogP contribution in [0.3, 0.4) is 0 Å². The van der Waals surface area contributed by atoms with Crippen LogP contribution in [0.15, 0.2) is 6.07 Å². The SMILES string of the molecule is CNc1nc(NC2CCNCC2)cc(OC)n1. The Morgan fingerprint density at radius 3 is 2.76 bits per heavy atom. The molecule has 94 valence electrons. The van der Waals surface area contributed by atoms with Crippen molar-refractivity contribution in [3.8, 4) is 5.88 Å². The van der Waals surface area contributed by atoms with Crippen LogP contribution in [0.25, 0.3) is 0 Å². The van der Waals surface area contributed by atoms with E-state index in [1.165, 1.54) is 0 Å². The Labute approximate surface area is 101 Å². The second-order valence-electron chi connectivity index (χ2n) is 4.04. The molecule has 0 spiro atoms. The van der Waals surface area contributed by atoms with Gasteiger partial charge < -0.3 is 20.7 Å². The van der Waals surface area contributed by atoms with Crippen molar-refractivity contribution in [2.24, 2.45) is 0 Å². The highest BCUT2D eigenvalue weighted by Gasteiger charge is 2.14. The van der Waals surface area contributed by atoms with Crippen molar-refractivity contribution in [3.05, 3.63) is 6.07 Å². The van der Waals surface area contributed by atoms with E-state index in [-0.39, 0.29) is 0 Å². The molecule has 1 saturated heterocycles. The van der Waals surface area contributed by atoms with Gasteiger partial charge in [-0.15, -0.1) is 0 Å². The predicted octanol–water partition coefficient (Wildman–Crippen LogP) is 0.691. The van der Waals surface area contributed by atoms with Gasteiger partial charge in [0.05, 0.1) is 7.11 Å². The molecule has 6 nitrogen and oxygen atoms in total. The van der Waals surface area contributed by atoms with Gasteiger partial charge in [0.25, 0.3) is 0 Å². The van der Waals surface area contributed by atoms with Gasteiger partial charge in [-0.1, -0.05) is 0 Å². The van der Waals surface area contributed by atoms with Gasteiger partial charge in [-0.3, -0.25) is 0 Å². The molecule has 1 fully saturated rings. The summed E-state index contributed by atoms with van der Waals surface area (Å²) in [4.78, 5) is 8.53. The summed E-state index contributed by atoms with van der Waals surface area (Å²) >= 11 is 0. The topological polar surface area (TPSA) is 71.1 Å². The summed E-state index contributed by atoms with van der Waals surface area (Å²) in [7, 11) is 3.40. The lowest BCUT2D eigenvalue weighted by molar-refractivity contribution is 0.397. The molecule has 2 heterocycles. The number of methoxy groups -OCH3 is 1.